The standard InChI is InChI=1S/C9H15N2/c1-3-10-8-5-6-9(7-8)11-4-2/h5-7,10-11H,3-4H2,1-2H3. The Morgan fingerprint density at radius 3 is 1.82 bits per heavy atom. The van der Waals surface area contributed by atoms with E-state index in [4.69, 9.17) is 0 Å². The van der Waals surface area contributed by atoms with Crippen LogP contribution >= 0.6 is 0 Å². The van der Waals surface area contributed by atoms with E-state index in [0.717, 1.165) is 13.1 Å². The molecule has 11 heavy (non-hydrogen) atoms. The highest BCUT2D eigenvalue weighted by Gasteiger charge is 2.05. The molecule has 1 radical (unpaired) electrons. The molecule has 0 aromatic rings. The minimum absolute atomic E-state index is 0.982. The van der Waals surface area contributed by atoms with Crippen LogP contribution in [-0.2, 0) is 0 Å². The van der Waals surface area contributed by atoms with Gasteiger partial charge in [0.1, 0.15) is 0 Å². The molecule has 1 aliphatic carbocycles. The Labute approximate surface area is 68.4 Å². The molecule has 2 heteroatoms. The van der Waals surface area contributed by atoms with E-state index in [9.17, 15) is 0 Å². The maximum atomic E-state index is 3.25. The molecule has 0 unspecified atom stereocenters. The zero-order valence-corrected chi connectivity index (χ0v) is 7.15. The summed E-state index contributed by atoms with van der Waals surface area (Å²) >= 11 is 0. The molecule has 0 bridgehead atoms. The fraction of sp³-hybridized carbons (Fsp3) is 0.444. The van der Waals surface area contributed by atoms with Crippen molar-refractivity contribution in [3.63, 3.8) is 0 Å². The van der Waals surface area contributed by atoms with Gasteiger partial charge >= 0.3 is 0 Å². The number of nitrogens with one attached hydrogen (secondary N) is 2. The van der Waals surface area contributed by atoms with Crippen LogP contribution in [0, 0.1) is 6.42 Å². The zero-order valence-electron chi connectivity index (χ0n) is 7.15. The third kappa shape index (κ3) is 2.30. The van der Waals surface area contributed by atoms with Gasteiger partial charge in [0.05, 0.1) is 6.42 Å². The molecule has 0 aliphatic heterocycles. The van der Waals surface area contributed by atoms with Crippen molar-refractivity contribution < 1.29 is 0 Å². The van der Waals surface area contributed by atoms with Crippen LogP contribution in [0.5, 0.6) is 0 Å². The van der Waals surface area contributed by atoms with Crippen LogP contribution in [0.25, 0.3) is 0 Å². The predicted octanol–water partition coefficient (Wildman–Crippen LogP) is 1.19. The van der Waals surface area contributed by atoms with Crippen LogP contribution in [0.2, 0.25) is 0 Å². The van der Waals surface area contributed by atoms with Crippen molar-refractivity contribution >= 4 is 0 Å². The quantitative estimate of drug-likeness (QED) is 0.630. The third-order valence-electron chi connectivity index (χ3n) is 1.52. The molecule has 0 spiro atoms. The molecule has 0 saturated heterocycles. The second-order valence-corrected chi connectivity index (χ2v) is 2.45. The maximum Gasteiger partial charge on any atom is 0.0522 e. The van der Waals surface area contributed by atoms with E-state index in [1.54, 1.807) is 0 Å². The second kappa shape index (κ2) is 4.06. The maximum absolute atomic E-state index is 3.25. The topological polar surface area (TPSA) is 24.1 Å². The molecule has 0 heterocycles. The van der Waals surface area contributed by atoms with Gasteiger partial charge in [-0.1, -0.05) is 0 Å². The number of hydrogen-bond donors (Lipinski definition) is 2. The van der Waals surface area contributed by atoms with Gasteiger partial charge in [0.15, 0.2) is 0 Å². The lowest BCUT2D eigenvalue weighted by atomic mass is 10.3. The minimum Gasteiger partial charge on any atom is -0.388 e. The average Bonchev–Trinajstić information content (AvgIpc) is 2.38. The van der Waals surface area contributed by atoms with Gasteiger partial charge in [-0.05, 0) is 26.0 Å². The van der Waals surface area contributed by atoms with Crippen molar-refractivity contribution in [2.75, 3.05) is 13.1 Å². The molecule has 0 amide bonds. The molecular weight excluding hydrogens is 136 g/mol. The fourth-order valence-corrected chi connectivity index (χ4v) is 1.07. The van der Waals surface area contributed by atoms with E-state index in [2.05, 4.69) is 43.1 Å². The van der Waals surface area contributed by atoms with Crippen LogP contribution in [-0.4, -0.2) is 13.1 Å². The van der Waals surface area contributed by atoms with Crippen LogP contribution in [0.15, 0.2) is 23.5 Å². The van der Waals surface area contributed by atoms with Crippen LogP contribution < -0.4 is 10.6 Å². The molecule has 0 aromatic heterocycles. The highest BCUT2D eigenvalue weighted by atomic mass is 14.9. The Bertz CT molecular complexity index is 160. The fourth-order valence-electron chi connectivity index (χ4n) is 1.07. The average molecular weight is 151 g/mol. The molecule has 0 fully saturated rings. The summed E-state index contributed by atoms with van der Waals surface area (Å²) in [5.41, 5.74) is 2.40. The Kier molecular flexibility index (Phi) is 3.02. The van der Waals surface area contributed by atoms with E-state index >= 15 is 0 Å². The van der Waals surface area contributed by atoms with E-state index in [1.165, 1.54) is 11.4 Å². The normalized spacial score (nSPS) is 15.8. The Hall–Kier alpha value is -0.920. The number of allylic oxidation sites excluding steroid dienone is 2. The lowest BCUT2D eigenvalue weighted by Gasteiger charge is -2.06. The lowest BCUT2D eigenvalue weighted by molar-refractivity contribution is 0.834. The van der Waals surface area contributed by atoms with Crippen LogP contribution in [0.4, 0.5) is 0 Å². The van der Waals surface area contributed by atoms with Gasteiger partial charge in [-0.2, -0.15) is 0 Å². The van der Waals surface area contributed by atoms with Crippen molar-refractivity contribution in [2.45, 2.75) is 13.8 Å². The van der Waals surface area contributed by atoms with E-state index < -0.39 is 0 Å². The first-order chi connectivity index (χ1) is 5.36. The van der Waals surface area contributed by atoms with Crippen molar-refractivity contribution in [1.82, 2.24) is 10.6 Å². The Morgan fingerprint density at radius 2 is 1.45 bits per heavy atom. The smallest absolute Gasteiger partial charge is 0.0522 e. The molecule has 1 rings (SSSR count). The molecule has 0 atom stereocenters. The summed E-state index contributed by atoms with van der Waals surface area (Å²) < 4.78 is 0. The zero-order chi connectivity index (χ0) is 8.10. The van der Waals surface area contributed by atoms with Gasteiger partial charge in [-0.3, -0.25) is 0 Å². The highest BCUT2D eigenvalue weighted by Crippen LogP contribution is 2.11. The summed E-state index contributed by atoms with van der Waals surface area (Å²) in [4.78, 5) is 0. The third-order valence-corrected chi connectivity index (χ3v) is 1.52. The SMILES string of the molecule is CCNC1=CC=C(NCC)[CH]1. The summed E-state index contributed by atoms with van der Waals surface area (Å²) in [6.45, 7) is 6.16. The van der Waals surface area contributed by atoms with E-state index in [0.29, 0.717) is 0 Å². The van der Waals surface area contributed by atoms with Gasteiger partial charge in [0.2, 0.25) is 0 Å². The van der Waals surface area contributed by atoms with Crippen LogP contribution in [0.1, 0.15) is 13.8 Å². The van der Waals surface area contributed by atoms with Crippen molar-refractivity contribution in [1.29, 1.82) is 0 Å². The van der Waals surface area contributed by atoms with Crippen molar-refractivity contribution in [2.24, 2.45) is 0 Å². The highest BCUT2D eigenvalue weighted by molar-refractivity contribution is 5.39. The van der Waals surface area contributed by atoms with Crippen molar-refractivity contribution in [3.05, 3.63) is 30.0 Å². The molecule has 0 aromatic carbocycles. The largest absolute Gasteiger partial charge is 0.388 e. The van der Waals surface area contributed by atoms with Gasteiger partial charge in [0.25, 0.3) is 0 Å². The lowest BCUT2D eigenvalue weighted by Crippen LogP contribution is -2.16. The van der Waals surface area contributed by atoms with Gasteiger partial charge in [-0.25, -0.2) is 0 Å². The molecule has 61 valence electrons. The summed E-state index contributed by atoms with van der Waals surface area (Å²) in [7, 11) is 0. The van der Waals surface area contributed by atoms with Gasteiger partial charge < -0.3 is 10.6 Å². The van der Waals surface area contributed by atoms with E-state index in [1.807, 2.05) is 0 Å². The van der Waals surface area contributed by atoms with Crippen LogP contribution in [0.3, 0.4) is 0 Å². The van der Waals surface area contributed by atoms with Gasteiger partial charge in [0, 0.05) is 24.5 Å². The van der Waals surface area contributed by atoms with Gasteiger partial charge in [-0.15, -0.1) is 0 Å². The Morgan fingerprint density at radius 1 is 1.00 bits per heavy atom. The first-order valence-electron chi connectivity index (χ1n) is 4.11. The molecule has 2 nitrogen and oxygen atoms in total. The summed E-state index contributed by atoms with van der Waals surface area (Å²) in [5, 5.41) is 6.49. The predicted molar refractivity (Wildman–Crippen MR) is 47.8 cm³/mol. The molecule has 2 N–H and O–H groups in total. The van der Waals surface area contributed by atoms with Crippen molar-refractivity contribution in [3.8, 4) is 0 Å². The first-order valence-corrected chi connectivity index (χ1v) is 4.11. The first kappa shape index (κ1) is 8.18. The number of rotatable bonds is 4. The molecular formula is C9H15N2. The monoisotopic (exact) mass is 151 g/mol. The summed E-state index contributed by atoms with van der Waals surface area (Å²) in [6.07, 6.45) is 6.29. The summed E-state index contributed by atoms with van der Waals surface area (Å²) in [5.74, 6) is 0. The number of hydrogen-bond acceptors (Lipinski definition) is 2. The van der Waals surface area contributed by atoms with E-state index in [-0.39, 0.29) is 0 Å². The Balaban J connectivity index is 2.27. The minimum atomic E-state index is 0.982. The molecule has 0 saturated carbocycles. The second-order valence-electron chi connectivity index (χ2n) is 2.45. The molecule has 1 aliphatic rings. The summed E-state index contributed by atoms with van der Waals surface area (Å²) in [6, 6.07) is 0.